The van der Waals surface area contributed by atoms with Gasteiger partial charge in [-0.05, 0) is 50.9 Å². The highest BCUT2D eigenvalue weighted by Crippen LogP contribution is 2.21. The van der Waals surface area contributed by atoms with Gasteiger partial charge in [0.15, 0.2) is 17.5 Å². The third kappa shape index (κ3) is 3.56. The van der Waals surface area contributed by atoms with Crippen molar-refractivity contribution in [2.24, 2.45) is 5.92 Å². The largest absolute Gasteiger partial charge is 0.322 e. The number of hydrogen-bond donors (Lipinski definition) is 1. The van der Waals surface area contributed by atoms with Gasteiger partial charge in [0.25, 0.3) is 0 Å². The first-order valence-corrected chi connectivity index (χ1v) is 7.08. The van der Waals surface area contributed by atoms with Gasteiger partial charge >= 0.3 is 0 Å². The molecular weight excluding hydrogens is 281 g/mol. The second-order valence-corrected chi connectivity index (χ2v) is 5.61. The van der Waals surface area contributed by atoms with Crippen LogP contribution >= 0.6 is 0 Å². The fourth-order valence-electron chi connectivity index (χ4n) is 2.44. The van der Waals surface area contributed by atoms with Crippen LogP contribution in [-0.4, -0.2) is 29.9 Å². The van der Waals surface area contributed by atoms with Crippen molar-refractivity contribution in [2.75, 3.05) is 18.4 Å². The van der Waals surface area contributed by atoms with Crippen LogP contribution in [0.1, 0.15) is 26.7 Å². The van der Waals surface area contributed by atoms with Crippen molar-refractivity contribution < 1.29 is 18.0 Å². The Labute approximate surface area is 122 Å². The fourth-order valence-corrected chi connectivity index (χ4v) is 2.44. The molecule has 2 rings (SSSR count). The average Bonchev–Trinajstić information content (AvgIpc) is 2.48. The molecule has 0 saturated carbocycles. The molecule has 1 aliphatic heterocycles. The highest BCUT2D eigenvalue weighted by atomic mass is 19.2. The molecule has 1 amide bonds. The van der Waals surface area contributed by atoms with E-state index in [0.717, 1.165) is 38.1 Å². The number of piperidine rings is 1. The molecular formula is C15H19F3N2O. The molecule has 1 aliphatic rings. The molecule has 1 saturated heterocycles. The number of halogens is 3. The SMILES string of the molecule is CC1CCN(C(C)C(=O)Nc2ccc(F)c(F)c2F)CC1. The van der Waals surface area contributed by atoms with E-state index in [1.165, 1.54) is 0 Å². The molecule has 1 heterocycles. The van der Waals surface area contributed by atoms with Crippen molar-refractivity contribution >= 4 is 11.6 Å². The Bertz CT molecular complexity index is 528. The van der Waals surface area contributed by atoms with Crippen LogP contribution in [0.3, 0.4) is 0 Å². The Kier molecular flexibility index (Phi) is 4.88. The van der Waals surface area contributed by atoms with Crippen LogP contribution in [0.5, 0.6) is 0 Å². The van der Waals surface area contributed by atoms with E-state index in [0.29, 0.717) is 5.92 Å². The van der Waals surface area contributed by atoms with E-state index < -0.39 is 29.4 Å². The van der Waals surface area contributed by atoms with Gasteiger partial charge in [0.2, 0.25) is 5.91 Å². The minimum Gasteiger partial charge on any atom is -0.322 e. The molecule has 3 nitrogen and oxygen atoms in total. The highest BCUT2D eigenvalue weighted by molar-refractivity contribution is 5.94. The summed E-state index contributed by atoms with van der Waals surface area (Å²) in [6.45, 7) is 5.49. The van der Waals surface area contributed by atoms with E-state index in [2.05, 4.69) is 12.2 Å². The smallest absolute Gasteiger partial charge is 0.241 e. The van der Waals surface area contributed by atoms with Crippen LogP contribution in [0, 0.1) is 23.4 Å². The van der Waals surface area contributed by atoms with Crippen molar-refractivity contribution in [1.29, 1.82) is 0 Å². The monoisotopic (exact) mass is 300 g/mol. The number of nitrogens with one attached hydrogen (secondary N) is 1. The van der Waals surface area contributed by atoms with E-state index in [1.807, 2.05) is 4.90 Å². The molecule has 116 valence electrons. The molecule has 0 bridgehead atoms. The maximum Gasteiger partial charge on any atom is 0.241 e. The summed E-state index contributed by atoms with van der Waals surface area (Å²) in [4.78, 5) is 14.1. The van der Waals surface area contributed by atoms with Gasteiger partial charge in [-0.1, -0.05) is 6.92 Å². The normalized spacial score (nSPS) is 18.5. The number of rotatable bonds is 3. The second kappa shape index (κ2) is 6.47. The lowest BCUT2D eigenvalue weighted by Gasteiger charge is -2.34. The van der Waals surface area contributed by atoms with Gasteiger partial charge in [0.05, 0.1) is 11.7 Å². The second-order valence-electron chi connectivity index (χ2n) is 5.61. The number of likely N-dealkylation sites (tertiary alicyclic amines) is 1. The molecule has 1 aromatic rings. The van der Waals surface area contributed by atoms with Crippen molar-refractivity contribution in [3.05, 3.63) is 29.6 Å². The molecule has 6 heteroatoms. The van der Waals surface area contributed by atoms with Crippen LogP contribution < -0.4 is 5.32 Å². The zero-order valence-corrected chi connectivity index (χ0v) is 12.1. The molecule has 0 aromatic heterocycles. The lowest BCUT2D eigenvalue weighted by molar-refractivity contribution is -0.121. The number of hydrogen-bond acceptors (Lipinski definition) is 2. The molecule has 1 atom stereocenters. The Morgan fingerprint density at radius 3 is 2.48 bits per heavy atom. The molecule has 0 aliphatic carbocycles. The zero-order valence-electron chi connectivity index (χ0n) is 12.1. The molecule has 1 unspecified atom stereocenters. The van der Waals surface area contributed by atoms with Crippen molar-refractivity contribution in [1.82, 2.24) is 4.90 Å². The van der Waals surface area contributed by atoms with Crippen LogP contribution in [0.2, 0.25) is 0 Å². The van der Waals surface area contributed by atoms with Gasteiger partial charge in [-0.25, -0.2) is 13.2 Å². The summed E-state index contributed by atoms with van der Waals surface area (Å²) in [6, 6.07) is 1.38. The summed E-state index contributed by atoms with van der Waals surface area (Å²) in [7, 11) is 0. The van der Waals surface area contributed by atoms with E-state index in [-0.39, 0.29) is 5.69 Å². The summed E-state index contributed by atoms with van der Waals surface area (Å²) < 4.78 is 39.5. The van der Waals surface area contributed by atoms with Crippen LogP contribution in [-0.2, 0) is 4.79 Å². The van der Waals surface area contributed by atoms with Gasteiger partial charge in [0.1, 0.15) is 0 Å². The summed E-state index contributed by atoms with van der Waals surface area (Å²) in [5.41, 5.74) is -0.337. The maximum absolute atomic E-state index is 13.5. The number of anilines is 1. The van der Waals surface area contributed by atoms with Gasteiger partial charge in [-0.2, -0.15) is 0 Å². The quantitative estimate of drug-likeness (QED) is 0.870. The summed E-state index contributed by atoms with van der Waals surface area (Å²) >= 11 is 0. The molecule has 1 aromatic carbocycles. The predicted molar refractivity (Wildman–Crippen MR) is 74.4 cm³/mol. The minimum absolute atomic E-state index is 0.337. The molecule has 0 radical (unpaired) electrons. The van der Waals surface area contributed by atoms with Gasteiger partial charge in [-0.3, -0.25) is 9.69 Å². The number of carbonyl (C=O) groups is 1. The lowest BCUT2D eigenvalue weighted by atomic mass is 9.98. The number of nitrogens with zero attached hydrogens (tertiary/aromatic N) is 1. The van der Waals surface area contributed by atoms with Gasteiger partial charge in [0, 0.05) is 0 Å². The third-order valence-electron chi connectivity index (χ3n) is 4.04. The molecule has 0 spiro atoms. The first-order chi connectivity index (χ1) is 9.90. The average molecular weight is 300 g/mol. The third-order valence-corrected chi connectivity index (χ3v) is 4.04. The first-order valence-electron chi connectivity index (χ1n) is 7.08. The summed E-state index contributed by atoms with van der Waals surface area (Å²) in [5.74, 6) is -4.01. The Hall–Kier alpha value is -1.56. The number of carbonyl (C=O) groups excluding carboxylic acids is 1. The molecule has 1 N–H and O–H groups in total. The Morgan fingerprint density at radius 2 is 1.86 bits per heavy atom. The number of benzene rings is 1. The van der Waals surface area contributed by atoms with Crippen LogP contribution in [0.15, 0.2) is 12.1 Å². The highest BCUT2D eigenvalue weighted by Gasteiger charge is 2.26. The Balaban J connectivity index is 2.02. The zero-order chi connectivity index (χ0) is 15.6. The maximum atomic E-state index is 13.5. The van der Waals surface area contributed by atoms with Gasteiger partial charge in [-0.15, -0.1) is 0 Å². The van der Waals surface area contributed by atoms with Crippen molar-refractivity contribution in [3.63, 3.8) is 0 Å². The summed E-state index contributed by atoms with van der Waals surface area (Å²) in [5, 5.41) is 2.32. The lowest BCUT2D eigenvalue weighted by Crippen LogP contribution is -2.45. The molecule has 1 fully saturated rings. The Morgan fingerprint density at radius 1 is 1.24 bits per heavy atom. The topological polar surface area (TPSA) is 32.3 Å². The van der Waals surface area contributed by atoms with Crippen molar-refractivity contribution in [3.8, 4) is 0 Å². The van der Waals surface area contributed by atoms with Crippen LogP contribution in [0.4, 0.5) is 18.9 Å². The first kappa shape index (κ1) is 15.8. The molecule has 21 heavy (non-hydrogen) atoms. The minimum atomic E-state index is -1.58. The van der Waals surface area contributed by atoms with E-state index >= 15 is 0 Å². The predicted octanol–water partition coefficient (Wildman–Crippen LogP) is 3.16. The standard InChI is InChI=1S/C15H19F3N2O/c1-9-5-7-20(8-6-9)10(2)15(21)19-12-4-3-11(16)13(17)14(12)18/h3-4,9-10H,5-8H2,1-2H3,(H,19,21). The van der Waals surface area contributed by atoms with E-state index in [9.17, 15) is 18.0 Å². The van der Waals surface area contributed by atoms with Crippen molar-refractivity contribution in [2.45, 2.75) is 32.7 Å². The van der Waals surface area contributed by atoms with E-state index in [4.69, 9.17) is 0 Å². The summed E-state index contributed by atoms with van der Waals surface area (Å²) in [6.07, 6.45) is 2.02. The van der Waals surface area contributed by atoms with Crippen LogP contribution in [0.25, 0.3) is 0 Å². The van der Waals surface area contributed by atoms with Gasteiger partial charge < -0.3 is 5.32 Å². The van der Waals surface area contributed by atoms with E-state index in [1.54, 1.807) is 6.92 Å². The fraction of sp³-hybridized carbons (Fsp3) is 0.533. The number of amides is 1.